The summed E-state index contributed by atoms with van der Waals surface area (Å²) in [7, 11) is 0. The molecular formula is C11H16N4O2. The minimum atomic E-state index is -0.716. The average molecular weight is 236 g/mol. The maximum atomic E-state index is 11.7. The van der Waals surface area contributed by atoms with E-state index in [9.17, 15) is 9.59 Å². The summed E-state index contributed by atoms with van der Waals surface area (Å²) < 4.78 is 0. The molecular weight excluding hydrogens is 220 g/mol. The molecule has 1 aromatic rings. The third-order valence-electron chi connectivity index (χ3n) is 2.11. The van der Waals surface area contributed by atoms with Crippen LogP contribution in [0.4, 0.5) is 5.82 Å². The second-order valence-electron chi connectivity index (χ2n) is 3.54. The Balaban J connectivity index is 2.75. The van der Waals surface area contributed by atoms with E-state index in [1.165, 1.54) is 6.92 Å². The first kappa shape index (κ1) is 13.0. The molecule has 0 aliphatic heterocycles. The van der Waals surface area contributed by atoms with Gasteiger partial charge in [0, 0.05) is 6.54 Å². The molecule has 0 fully saturated rings. The van der Waals surface area contributed by atoms with Crippen LogP contribution in [0.3, 0.4) is 0 Å². The van der Waals surface area contributed by atoms with Crippen molar-refractivity contribution in [2.24, 2.45) is 5.73 Å². The fraction of sp³-hybridized carbons (Fsp3) is 0.364. The molecule has 0 aliphatic rings. The summed E-state index contributed by atoms with van der Waals surface area (Å²) in [6.45, 7) is 4.17. The Kier molecular flexibility index (Phi) is 4.45. The molecule has 6 heteroatoms. The van der Waals surface area contributed by atoms with Gasteiger partial charge in [-0.2, -0.15) is 0 Å². The van der Waals surface area contributed by atoms with E-state index in [1.54, 1.807) is 18.2 Å². The largest absolute Gasteiger partial charge is 0.370 e. The molecule has 0 aromatic carbocycles. The summed E-state index contributed by atoms with van der Waals surface area (Å²) in [6.07, 6.45) is 0. The van der Waals surface area contributed by atoms with Crippen molar-refractivity contribution in [1.82, 2.24) is 10.3 Å². The number of hydrogen-bond donors (Lipinski definition) is 3. The first-order valence-corrected chi connectivity index (χ1v) is 5.35. The Labute approximate surface area is 99.6 Å². The number of primary amides is 1. The summed E-state index contributed by atoms with van der Waals surface area (Å²) in [4.78, 5) is 26.6. The molecule has 0 saturated carbocycles. The van der Waals surface area contributed by atoms with Gasteiger partial charge in [-0.15, -0.1) is 0 Å². The van der Waals surface area contributed by atoms with Gasteiger partial charge >= 0.3 is 0 Å². The summed E-state index contributed by atoms with van der Waals surface area (Å²) in [5.74, 6) is -0.385. The van der Waals surface area contributed by atoms with E-state index in [0.717, 1.165) is 6.54 Å². The van der Waals surface area contributed by atoms with Gasteiger partial charge in [0.25, 0.3) is 5.91 Å². The SMILES string of the molecule is CCNc1cccc(C(=O)NC(C)C(N)=O)n1. The highest BCUT2D eigenvalue weighted by molar-refractivity contribution is 5.95. The van der Waals surface area contributed by atoms with Crippen LogP contribution in [0.1, 0.15) is 24.3 Å². The molecule has 4 N–H and O–H groups in total. The van der Waals surface area contributed by atoms with Crippen molar-refractivity contribution in [3.05, 3.63) is 23.9 Å². The maximum absolute atomic E-state index is 11.7. The molecule has 1 unspecified atom stereocenters. The van der Waals surface area contributed by atoms with Crippen molar-refractivity contribution < 1.29 is 9.59 Å². The van der Waals surface area contributed by atoms with Gasteiger partial charge in [0.05, 0.1) is 0 Å². The Hall–Kier alpha value is -2.11. The van der Waals surface area contributed by atoms with Crippen molar-refractivity contribution in [1.29, 1.82) is 0 Å². The van der Waals surface area contributed by atoms with Crippen LogP contribution in [0.15, 0.2) is 18.2 Å². The molecule has 92 valence electrons. The number of nitrogens with zero attached hydrogens (tertiary/aromatic N) is 1. The topological polar surface area (TPSA) is 97.1 Å². The quantitative estimate of drug-likeness (QED) is 0.676. The van der Waals surface area contributed by atoms with Gasteiger partial charge in [0.1, 0.15) is 17.6 Å². The van der Waals surface area contributed by atoms with Gasteiger partial charge in [-0.25, -0.2) is 4.98 Å². The predicted molar refractivity (Wildman–Crippen MR) is 64.5 cm³/mol. The van der Waals surface area contributed by atoms with Gasteiger partial charge in [-0.1, -0.05) is 6.07 Å². The Morgan fingerprint density at radius 1 is 1.47 bits per heavy atom. The molecule has 0 bridgehead atoms. The third-order valence-corrected chi connectivity index (χ3v) is 2.11. The van der Waals surface area contributed by atoms with Crippen LogP contribution in [-0.2, 0) is 4.79 Å². The van der Waals surface area contributed by atoms with E-state index in [2.05, 4.69) is 15.6 Å². The molecule has 6 nitrogen and oxygen atoms in total. The fourth-order valence-electron chi connectivity index (χ4n) is 1.18. The number of nitrogens with one attached hydrogen (secondary N) is 2. The van der Waals surface area contributed by atoms with E-state index >= 15 is 0 Å². The van der Waals surface area contributed by atoms with E-state index in [1.807, 2.05) is 6.92 Å². The predicted octanol–water partition coefficient (Wildman–Crippen LogP) is 0.117. The summed E-state index contributed by atoms with van der Waals surface area (Å²) >= 11 is 0. The molecule has 0 saturated heterocycles. The number of nitrogens with two attached hydrogens (primary N) is 1. The molecule has 2 amide bonds. The molecule has 1 heterocycles. The van der Waals surface area contributed by atoms with E-state index in [0.29, 0.717) is 5.82 Å². The smallest absolute Gasteiger partial charge is 0.270 e. The molecule has 0 radical (unpaired) electrons. The normalized spacial score (nSPS) is 11.6. The lowest BCUT2D eigenvalue weighted by atomic mass is 10.3. The molecule has 17 heavy (non-hydrogen) atoms. The lowest BCUT2D eigenvalue weighted by Crippen LogP contribution is -2.42. The average Bonchev–Trinajstić information content (AvgIpc) is 2.29. The van der Waals surface area contributed by atoms with Gasteiger partial charge in [0.2, 0.25) is 5.91 Å². The summed E-state index contributed by atoms with van der Waals surface area (Å²) in [5, 5.41) is 5.46. The Morgan fingerprint density at radius 2 is 2.18 bits per heavy atom. The van der Waals surface area contributed by atoms with Crippen LogP contribution in [0.2, 0.25) is 0 Å². The molecule has 1 atom stereocenters. The van der Waals surface area contributed by atoms with Gasteiger partial charge in [0.15, 0.2) is 0 Å². The van der Waals surface area contributed by atoms with Crippen LogP contribution in [0.25, 0.3) is 0 Å². The van der Waals surface area contributed by atoms with Gasteiger partial charge in [-0.05, 0) is 26.0 Å². The molecule has 0 spiro atoms. The van der Waals surface area contributed by atoms with Crippen LogP contribution >= 0.6 is 0 Å². The zero-order valence-corrected chi connectivity index (χ0v) is 9.86. The number of hydrogen-bond acceptors (Lipinski definition) is 4. The fourth-order valence-corrected chi connectivity index (χ4v) is 1.18. The minimum absolute atomic E-state index is 0.247. The van der Waals surface area contributed by atoms with E-state index in [-0.39, 0.29) is 5.69 Å². The lowest BCUT2D eigenvalue weighted by molar-refractivity contribution is -0.119. The van der Waals surface area contributed by atoms with Gasteiger partial charge < -0.3 is 16.4 Å². The summed E-state index contributed by atoms with van der Waals surface area (Å²) in [6, 6.07) is 4.34. The van der Waals surface area contributed by atoms with Crippen molar-refractivity contribution in [2.75, 3.05) is 11.9 Å². The molecule has 1 aromatic heterocycles. The number of pyridine rings is 1. The number of aromatic nitrogens is 1. The molecule has 1 rings (SSSR count). The van der Waals surface area contributed by atoms with Crippen LogP contribution < -0.4 is 16.4 Å². The monoisotopic (exact) mass is 236 g/mol. The van der Waals surface area contributed by atoms with Crippen molar-refractivity contribution in [3.8, 4) is 0 Å². The van der Waals surface area contributed by atoms with Crippen LogP contribution in [0.5, 0.6) is 0 Å². The number of carbonyl (C=O) groups excluding carboxylic acids is 2. The van der Waals surface area contributed by atoms with E-state index in [4.69, 9.17) is 5.73 Å². The van der Waals surface area contributed by atoms with Gasteiger partial charge in [-0.3, -0.25) is 9.59 Å². The summed E-state index contributed by atoms with van der Waals surface area (Å²) in [5.41, 5.74) is 5.30. The number of rotatable bonds is 5. The number of amides is 2. The van der Waals surface area contributed by atoms with Crippen molar-refractivity contribution in [2.45, 2.75) is 19.9 Å². The third kappa shape index (κ3) is 3.75. The highest BCUT2D eigenvalue weighted by Gasteiger charge is 2.14. The van der Waals surface area contributed by atoms with Crippen LogP contribution in [-0.4, -0.2) is 29.4 Å². The first-order chi connectivity index (χ1) is 8.04. The molecule has 0 aliphatic carbocycles. The Morgan fingerprint density at radius 3 is 2.76 bits per heavy atom. The van der Waals surface area contributed by atoms with E-state index < -0.39 is 17.9 Å². The van der Waals surface area contributed by atoms with Crippen molar-refractivity contribution in [3.63, 3.8) is 0 Å². The second-order valence-corrected chi connectivity index (χ2v) is 3.54. The first-order valence-electron chi connectivity index (χ1n) is 5.35. The standard InChI is InChI=1S/C11H16N4O2/c1-3-13-9-6-4-5-8(15-9)11(17)14-7(2)10(12)16/h4-7H,3H2,1-2H3,(H2,12,16)(H,13,15)(H,14,17). The maximum Gasteiger partial charge on any atom is 0.270 e. The highest BCUT2D eigenvalue weighted by atomic mass is 16.2. The zero-order valence-electron chi connectivity index (χ0n) is 9.86. The number of anilines is 1. The lowest BCUT2D eigenvalue weighted by Gasteiger charge is -2.10. The van der Waals surface area contributed by atoms with Crippen LogP contribution in [0, 0.1) is 0 Å². The minimum Gasteiger partial charge on any atom is -0.370 e. The van der Waals surface area contributed by atoms with Crippen molar-refractivity contribution >= 4 is 17.6 Å². The number of carbonyl (C=O) groups is 2. The highest BCUT2D eigenvalue weighted by Crippen LogP contribution is 2.04. The second kappa shape index (κ2) is 5.83. The zero-order chi connectivity index (χ0) is 12.8. The Bertz CT molecular complexity index is 420.